The minimum absolute atomic E-state index is 0.365. The van der Waals surface area contributed by atoms with Gasteiger partial charge in [0.15, 0.2) is 0 Å². The van der Waals surface area contributed by atoms with E-state index in [1.807, 2.05) is 6.26 Å². The van der Waals surface area contributed by atoms with Gasteiger partial charge in [-0.3, -0.25) is 0 Å². The fourth-order valence-electron chi connectivity index (χ4n) is 2.62. The Labute approximate surface area is 125 Å². The molecule has 0 heterocycles. The Balaban J connectivity index is 2.31. The number of carbonyl (C=O) groups is 2. The largest absolute Gasteiger partial charge is 0.480 e. The molecular weight excluding hydrogens is 276 g/mol. The third-order valence-electron chi connectivity index (χ3n) is 4.03. The van der Waals surface area contributed by atoms with Gasteiger partial charge in [-0.25, -0.2) is 9.59 Å². The van der Waals surface area contributed by atoms with Crippen molar-refractivity contribution in [2.45, 2.75) is 45.1 Å². The Morgan fingerprint density at radius 3 is 2.65 bits per heavy atom. The van der Waals surface area contributed by atoms with E-state index in [0.29, 0.717) is 24.8 Å². The van der Waals surface area contributed by atoms with Gasteiger partial charge in [-0.05, 0) is 36.7 Å². The highest BCUT2D eigenvalue weighted by molar-refractivity contribution is 7.98. The van der Waals surface area contributed by atoms with Crippen molar-refractivity contribution in [1.82, 2.24) is 10.6 Å². The predicted molar refractivity (Wildman–Crippen MR) is 82.1 cm³/mol. The summed E-state index contributed by atoms with van der Waals surface area (Å²) in [5, 5.41) is 14.4. The average Bonchev–Trinajstić information content (AvgIpc) is 2.42. The first kappa shape index (κ1) is 17.1. The fourth-order valence-corrected chi connectivity index (χ4v) is 3.09. The molecule has 1 saturated carbocycles. The second kappa shape index (κ2) is 9.10. The van der Waals surface area contributed by atoms with E-state index in [0.717, 1.165) is 12.2 Å². The molecule has 2 amide bonds. The van der Waals surface area contributed by atoms with Crippen molar-refractivity contribution in [1.29, 1.82) is 0 Å². The van der Waals surface area contributed by atoms with Crippen molar-refractivity contribution in [3.8, 4) is 0 Å². The number of thioether (sulfide) groups is 1. The molecule has 116 valence electrons. The van der Waals surface area contributed by atoms with Gasteiger partial charge in [-0.15, -0.1) is 0 Å². The van der Waals surface area contributed by atoms with Crippen LogP contribution in [0.15, 0.2) is 0 Å². The van der Waals surface area contributed by atoms with Crippen molar-refractivity contribution >= 4 is 23.8 Å². The Kier molecular flexibility index (Phi) is 7.80. The summed E-state index contributed by atoms with van der Waals surface area (Å²) in [6, 6.07) is -1.16. The van der Waals surface area contributed by atoms with Crippen LogP contribution in [-0.4, -0.2) is 41.7 Å². The number of aliphatic carboxylic acids is 1. The molecule has 0 saturated heterocycles. The molecule has 0 aromatic carbocycles. The van der Waals surface area contributed by atoms with E-state index in [4.69, 9.17) is 5.11 Å². The van der Waals surface area contributed by atoms with Crippen LogP contribution >= 0.6 is 11.8 Å². The molecule has 0 aliphatic heterocycles. The number of hydrogen-bond donors (Lipinski definition) is 3. The van der Waals surface area contributed by atoms with Crippen LogP contribution in [0.4, 0.5) is 4.79 Å². The lowest BCUT2D eigenvalue weighted by Gasteiger charge is -2.29. The number of rotatable bonds is 7. The van der Waals surface area contributed by atoms with Gasteiger partial charge in [0.25, 0.3) is 0 Å². The van der Waals surface area contributed by atoms with Gasteiger partial charge < -0.3 is 15.7 Å². The maximum atomic E-state index is 11.8. The van der Waals surface area contributed by atoms with E-state index in [1.165, 1.54) is 19.3 Å². The number of carboxylic acids is 1. The Bertz CT molecular complexity index is 326. The third-order valence-corrected chi connectivity index (χ3v) is 4.67. The fraction of sp³-hybridized carbons (Fsp3) is 0.857. The number of nitrogens with one attached hydrogen (secondary N) is 2. The molecule has 3 unspecified atom stereocenters. The lowest BCUT2D eigenvalue weighted by molar-refractivity contribution is -0.139. The van der Waals surface area contributed by atoms with Crippen LogP contribution in [0, 0.1) is 11.8 Å². The first-order chi connectivity index (χ1) is 9.54. The molecule has 3 atom stereocenters. The van der Waals surface area contributed by atoms with E-state index in [9.17, 15) is 9.59 Å². The molecule has 0 aromatic heterocycles. The summed E-state index contributed by atoms with van der Waals surface area (Å²) in [6.45, 7) is 2.86. The summed E-state index contributed by atoms with van der Waals surface area (Å²) >= 11 is 1.58. The van der Waals surface area contributed by atoms with Crippen LogP contribution in [0.1, 0.15) is 39.0 Å². The second-order valence-electron chi connectivity index (χ2n) is 5.55. The zero-order chi connectivity index (χ0) is 15.0. The lowest BCUT2D eigenvalue weighted by atomic mass is 9.80. The van der Waals surface area contributed by atoms with E-state index < -0.39 is 12.0 Å². The Morgan fingerprint density at radius 2 is 2.05 bits per heavy atom. The molecule has 1 rings (SSSR count). The predicted octanol–water partition coefficient (Wildman–Crippen LogP) is 2.32. The Hall–Kier alpha value is -0.910. The standard InChI is InChI=1S/C14H26N2O3S/c1-10-5-3-4-6-11(10)9-15-14(19)16-12(13(17)18)7-8-20-2/h10-12H,3-9H2,1-2H3,(H,17,18)(H2,15,16,19). The SMILES string of the molecule is CSCCC(NC(=O)NCC1CCCCC1C)C(=O)O. The summed E-state index contributed by atoms with van der Waals surface area (Å²) < 4.78 is 0. The van der Waals surface area contributed by atoms with Crippen LogP contribution in [0.3, 0.4) is 0 Å². The van der Waals surface area contributed by atoms with Gasteiger partial charge >= 0.3 is 12.0 Å². The molecule has 0 radical (unpaired) electrons. The van der Waals surface area contributed by atoms with E-state index >= 15 is 0 Å². The number of amides is 2. The zero-order valence-electron chi connectivity index (χ0n) is 12.4. The molecule has 0 aromatic rings. The van der Waals surface area contributed by atoms with E-state index in [1.54, 1.807) is 11.8 Å². The maximum Gasteiger partial charge on any atom is 0.326 e. The quantitative estimate of drug-likeness (QED) is 0.674. The van der Waals surface area contributed by atoms with Crippen LogP contribution in [0.2, 0.25) is 0 Å². The normalized spacial score (nSPS) is 23.9. The number of carboxylic acid groups (broad SMARTS) is 1. The minimum Gasteiger partial charge on any atom is -0.480 e. The highest BCUT2D eigenvalue weighted by Crippen LogP contribution is 2.28. The average molecular weight is 302 g/mol. The first-order valence-corrected chi connectivity index (χ1v) is 8.70. The van der Waals surface area contributed by atoms with Crippen LogP contribution in [-0.2, 0) is 4.79 Å². The topological polar surface area (TPSA) is 78.4 Å². The number of urea groups is 1. The van der Waals surface area contributed by atoms with Crippen LogP contribution < -0.4 is 10.6 Å². The van der Waals surface area contributed by atoms with Crippen molar-refractivity contribution < 1.29 is 14.7 Å². The maximum absolute atomic E-state index is 11.8. The van der Waals surface area contributed by atoms with Crippen molar-refractivity contribution in [3.05, 3.63) is 0 Å². The molecule has 0 bridgehead atoms. The monoisotopic (exact) mass is 302 g/mol. The molecule has 1 aliphatic carbocycles. The van der Waals surface area contributed by atoms with Crippen LogP contribution in [0.5, 0.6) is 0 Å². The summed E-state index contributed by atoms with van der Waals surface area (Å²) in [5.74, 6) is 0.900. The first-order valence-electron chi connectivity index (χ1n) is 7.30. The van der Waals surface area contributed by atoms with Crippen LogP contribution in [0.25, 0.3) is 0 Å². The third kappa shape index (κ3) is 6.03. The highest BCUT2D eigenvalue weighted by atomic mass is 32.2. The van der Waals surface area contributed by atoms with Gasteiger partial charge in [-0.1, -0.05) is 26.2 Å². The van der Waals surface area contributed by atoms with Crippen molar-refractivity contribution in [3.63, 3.8) is 0 Å². The molecule has 0 spiro atoms. The molecule has 20 heavy (non-hydrogen) atoms. The number of hydrogen-bond acceptors (Lipinski definition) is 3. The lowest BCUT2D eigenvalue weighted by Crippen LogP contribution is -2.47. The van der Waals surface area contributed by atoms with Gasteiger partial charge in [0.1, 0.15) is 6.04 Å². The molecule has 1 aliphatic rings. The van der Waals surface area contributed by atoms with Crippen molar-refractivity contribution in [2.24, 2.45) is 11.8 Å². The summed E-state index contributed by atoms with van der Waals surface area (Å²) in [4.78, 5) is 22.8. The van der Waals surface area contributed by atoms with Crippen molar-refractivity contribution in [2.75, 3.05) is 18.6 Å². The molecule has 3 N–H and O–H groups in total. The number of carbonyl (C=O) groups excluding carboxylic acids is 1. The highest BCUT2D eigenvalue weighted by Gasteiger charge is 2.23. The summed E-state index contributed by atoms with van der Waals surface area (Å²) in [7, 11) is 0. The molecule has 6 heteroatoms. The zero-order valence-corrected chi connectivity index (χ0v) is 13.2. The summed E-state index contributed by atoms with van der Waals surface area (Å²) in [6.07, 6.45) is 7.24. The Morgan fingerprint density at radius 1 is 1.35 bits per heavy atom. The van der Waals surface area contributed by atoms with Gasteiger partial charge in [0, 0.05) is 6.54 Å². The molecule has 1 fully saturated rings. The van der Waals surface area contributed by atoms with E-state index in [-0.39, 0.29) is 6.03 Å². The van der Waals surface area contributed by atoms with Gasteiger partial charge in [-0.2, -0.15) is 11.8 Å². The smallest absolute Gasteiger partial charge is 0.326 e. The van der Waals surface area contributed by atoms with Gasteiger partial charge in [0.05, 0.1) is 0 Å². The summed E-state index contributed by atoms with van der Waals surface area (Å²) in [5.41, 5.74) is 0. The molecular formula is C14H26N2O3S. The molecule has 5 nitrogen and oxygen atoms in total. The minimum atomic E-state index is -0.972. The van der Waals surface area contributed by atoms with Gasteiger partial charge in [0.2, 0.25) is 0 Å². The van der Waals surface area contributed by atoms with E-state index in [2.05, 4.69) is 17.6 Å². The second-order valence-corrected chi connectivity index (χ2v) is 6.53.